The topological polar surface area (TPSA) is 87.5 Å². The maximum atomic E-state index is 12.7. The number of amides is 2. The Bertz CT molecular complexity index is 1110. The van der Waals surface area contributed by atoms with Crippen molar-refractivity contribution in [3.05, 3.63) is 60.9 Å². The van der Waals surface area contributed by atoms with E-state index >= 15 is 0 Å². The smallest absolute Gasteiger partial charge is 0.317 e. The van der Waals surface area contributed by atoms with Crippen molar-refractivity contribution in [2.24, 2.45) is 0 Å². The zero-order valence-corrected chi connectivity index (χ0v) is 17.5. The van der Waals surface area contributed by atoms with E-state index in [0.717, 1.165) is 24.0 Å². The average Bonchev–Trinajstić information content (AvgIpc) is 3.20. The number of nitrogens with zero attached hydrogens (tertiary/aromatic N) is 4. The number of aryl methyl sites for hydroxylation is 1. The standard InChI is InChI=1S/C21H25N5O3S/c27-21(22-11-6-12-25-17-23-19-9-4-5-10-20(19)25)24-13-15-26(16-14-24)30(28,29)18-7-2-1-3-8-18/h1-5,7-10,17H,6,11-16H2,(H,22,27). The summed E-state index contributed by atoms with van der Waals surface area (Å²) in [5.41, 5.74) is 2.05. The van der Waals surface area contributed by atoms with Crippen LogP contribution in [0.3, 0.4) is 0 Å². The Morgan fingerprint density at radius 3 is 2.43 bits per heavy atom. The molecule has 9 heteroatoms. The number of rotatable bonds is 6. The lowest BCUT2D eigenvalue weighted by Gasteiger charge is -2.34. The fourth-order valence-corrected chi connectivity index (χ4v) is 5.06. The molecule has 0 aliphatic carbocycles. The van der Waals surface area contributed by atoms with Crippen LogP contribution in [0.1, 0.15) is 6.42 Å². The van der Waals surface area contributed by atoms with Crippen molar-refractivity contribution >= 4 is 27.1 Å². The van der Waals surface area contributed by atoms with Gasteiger partial charge in [0.25, 0.3) is 0 Å². The molecule has 0 spiro atoms. The van der Waals surface area contributed by atoms with Gasteiger partial charge in [0.2, 0.25) is 10.0 Å². The van der Waals surface area contributed by atoms with Crippen molar-refractivity contribution in [3.8, 4) is 0 Å². The Kier molecular flexibility index (Phi) is 6.01. The second-order valence-electron chi connectivity index (χ2n) is 7.22. The number of sulfonamides is 1. The van der Waals surface area contributed by atoms with Gasteiger partial charge in [-0.1, -0.05) is 30.3 Å². The number of nitrogens with one attached hydrogen (secondary N) is 1. The highest BCUT2D eigenvalue weighted by atomic mass is 32.2. The molecule has 0 unspecified atom stereocenters. The molecule has 0 bridgehead atoms. The van der Waals surface area contributed by atoms with Gasteiger partial charge in [-0.05, 0) is 30.7 Å². The zero-order chi connectivity index (χ0) is 21.0. The minimum Gasteiger partial charge on any atom is -0.338 e. The molecule has 1 aliphatic heterocycles. The molecule has 1 N–H and O–H groups in total. The summed E-state index contributed by atoms with van der Waals surface area (Å²) in [5.74, 6) is 0. The predicted molar refractivity (Wildman–Crippen MR) is 115 cm³/mol. The molecule has 2 amide bonds. The largest absolute Gasteiger partial charge is 0.338 e. The van der Waals surface area contributed by atoms with Crippen LogP contribution in [-0.4, -0.2) is 65.9 Å². The van der Waals surface area contributed by atoms with E-state index in [-0.39, 0.29) is 10.9 Å². The third-order valence-electron chi connectivity index (χ3n) is 5.29. The van der Waals surface area contributed by atoms with Crippen LogP contribution in [-0.2, 0) is 16.6 Å². The van der Waals surface area contributed by atoms with E-state index in [9.17, 15) is 13.2 Å². The third-order valence-corrected chi connectivity index (χ3v) is 7.20. The number of para-hydroxylation sites is 2. The molecule has 0 atom stereocenters. The Morgan fingerprint density at radius 2 is 1.67 bits per heavy atom. The van der Waals surface area contributed by atoms with Gasteiger partial charge in [-0.25, -0.2) is 18.2 Å². The minimum absolute atomic E-state index is 0.151. The SMILES string of the molecule is O=C(NCCCn1cnc2ccccc21)N1CCN(S(=O)(=O)c2ccccc2)CC1. The molecule has 1 fully saturated rings. The summed E-state index contributed by atoms with van der Waals surface area (Å²) in [5, 5.41) is 2.93. The molecule has 8 nitrogen and oxygen atoms in total. The summed E-state index contributed by atoms with van der Waals surface area (Å²) < 4.78 is 28.9. The van der Waals surface area contributed by atoms with Gasteiger partial charge in [0.1, 0.15) is 0 Å². The molecule has 2 heterocycles. The quantitative estimate of drug-likeness (QED) is 0.611. The number of hydrogen-bond donors (Lipinski definition) is 1. The van der Waals surface area contributed by atoms with Crippen LogP contribution in [0.4, 0.5) is 4.79 Å². The summed E-state index contributed by atoms with van der Waals surface area (Å²) in [6, 6.07) is 16.2. The van der Waals surface area contributed by atoms with E-state index in [1.165, 1.54) is 4.31 Å². The highest BCUT2D eigenvalue weighted by Crippen LogP contribution is 2.17. The van der Waals surface area contributed by atoms with Crippen molar-refractivity contribution < 1.29 is 13.2 Å². The van der Waals surface area contributed by atoms with Gasteiger partial charge in [0.05, 0.1) is 22.3 Å². The fourth-order valence-electron chi connectivity index (χ4n) is 3.62. The molecular formula is C21H25N5O3S. The molecule has 1 saturated heterocycles. The van der Waals surface area contributed by atoms with Crippen LogP contribution in [0.25, 0.3) is 11.0 Å². The number of carbonyl (C=O) groups excluding carboxylic acids is 1. The average molecular weight is 428 g/mol. The first-order chi connectivity index (χ1) is 14.6. The minimum atomic E-state index is -3.51. The fraction of sp³-hybridized carbons (Fsp3) is 0.333. The van der Waals surface area contributed by atoms with Crippen LogP contribution in [0.5, 0.6) is 0 Å². The Labute approximate surface area is 176 Å². The zero-order valence-electron chi connectivity index (χ0n) is 16.6. The van der Waals surface area contributed by atoms with Gasteiger partial charge < -0.3 is 14.8 Å². The Hall–Kier alpha value is -2.91. The molecule has 4 rings (SSSR count). The molecule has 2 aromatic carbocycles. The maximum absolute atomic E-state index is 12.7. The molecule has 158 valence electrons. The van der Waals surface area contributed by atoms with Crippen molar-refractivity contribution in [2.45, 2.75) is 17.9 Å². The number of aromatic nitrogens is 2. The molecule has 0 saturated carbocycles. The Morgan fingerprint density at radius 1 is 0.967 bits per heavy atom. The number of fused-ring (bicyclic) bond motifs is 1. The molecule has 1 aromatic heterocycles. The first-order valence-corrected chi connectivity index (χ1v) is 11.5. The van der Waals surface area contributed by atoms with Crippen LogP contribution >= 0.6 is 0 Å². The summed E-state index contributed by atoms with van der Waals surface area (Å²) in [4.78, 5) is 18.8. The highest BCUT2D eigenvalue weighted by Gasteiger charge is 2.29. The van der Waals surface area contributed by atoms with Gasteiger partial charge in [-0.2, -0.15) is 4.31 Å². The summed E-state index contributed by atoms with van der Waals surface area (Å²) in [6.07, 6.45) is 2.60. The van der Waals surface area contributed by atoms with E-state index in [1.807, 2.05) is 30.6 Å². The van der Waals surface area contributed by atoms with Crippen molar-refractivity contribution in [1.29, 1.82) is 0 Å². The molecule has 30 heavy (non-hydrogen) atoms. The summed E-state index contributed by atoms with van der Waals surface area (Å²) in [6.45, 7) is 2.67. The monoisotopic (exact) mass is 427 g/mol. The molecular weight excluding hydrogens is 402 g/mol. The van der Waals surface area contributed by atoms with E-state index in [2.05, 4.69) is 14.9 Å². The van der Waals surface area contributed by atoms with Crippen LogP contribution in [0.2, 0.25) is 0 Å². The van der Waals surface area contributed by atoms with Crippen LogP contribution in [0.15, 0.2) is 65.8 Å². The lowest BCUT2D eigenvalue weighted by molar-refractivity contribution is 0.172. The van der Waals surface area contributed by atoms with Crippen LogP contribution < -0.4 is 5.32 Å². The number of hydrogen-bond acceptors (Lipinski definition) is 4. The predicted octanol–water partition coefficient (Wildman–Crippen LogP) is 2.14. The van der Waals surface area contributed by atoms with Crippen molar-refractivity contribution in [3.63, 3.8) is 0 Å². The van der Waals surface area contributed by atoms with E-state index in [1.54, 1.807) is 35.2 Å². The van der Waals surface area contributed by atoms with Gasteiger partial charge in [0, 0.05) is 39.3 Å². The number of piperazine rings is 1. The Balaban J connectivity index is 1.23. The first-order valence-electron chi connectivity index (χ1n) is 10.0. The van der Waals surface area contributed by atoms with Gasteiger partial charge in [-0.15, -0.1) is 0 Å². The lowest BCUT2D eigenvalue weighted by Crippen LogP contribution is -2.53. The van der Waals surface area contributed by atoms with Gasteiger partial charge in [-0.3, -0.25) is 0 Å². The normalized spacial score (nSPS) is 15.4. The molecule has 1 aliphatic rings. The maximum Gasteiger partial charge on any atom is 0.317 e. The first kappa shape index (κ1) is 20.4. The van der Waals surface area contributed by atoms with E-state index in [0.29, 0.717) is 32.7 Å². The van der Waals surface area contributed by atoms with Crippen LogP contribution in [0, 0.1) is 0 Å². The van der Waals surface area contributed by atoms with Gasteiger partial charge >= 0.3 is 6.03 Å². The van der Waals surface area contributed by atoms with E-state index in [4.69, 9.17) is 0 Å². The number of urea groups is 1. The number of carbonyl (C=O) groups is 1. The van der Waals surface area contributed by atoms with E-state index < -0.39 is 10.0 Å². The number of benzene rings is 2. The molecule has 3 aromatic rings. The van der Waals surface area contributed by atoms with Crippen molar-refractivity contribution in [1.82, 2.24) is 24.1 Å². The second kappa shape index (κ2) is 8.85. The third kappa shape index (κ3) is 4.31. The van der Waals surface area contributed by atoms with Crippen molar-refractivity contribution in [2.75, 3.05) is 32.7 Å². The van der Waals surface area contributed by atoms with Gasteiger partial charge in [0.15, 0.2) is 0 Å². The summed E-state index contributed by atoms with van der Waals surface area (Å²) in [7, 11) is -3.51. The second-order valence-corrected chi connectivity index (χ2v) is 9.15. The highest BCUT2D eigenvalue weighted by molar-refractivity contribution is 7.89. The molecule has 0 radical (unpaired) electrons. The lowest BCUT2D eigenvalue weighted by atomic mass is 10.3. The number of imidazole rings is 1. The summed E-state index contributed by atoms with van der Waals surface area (Å²) >= 11 is 0.